The number of carboxylic acid groups (broad SMARTS) is 2. The summed E-state index contributed by atoms with van der Waals surface area (Å²) in [5.41, 5.74) is 5.90. The number of rotatable bonds is 8. The van der Waals surface area contributed by atoms with Crippen LogP contribution in [0.25, 0.3) is 0 Å². The number of halogens is 3. The zero-order valence-electron chi connectivity index (χ0n) is 16.8. The molecule has 0 radical (unpaired) electrons. The molecule has 0 saturated heterocycles. The number of alkyl halides is 3. The number of esters is 1. The number of amidine groups is 1. The quantitative estimate of drug-likeness (QED) is 0.202. The lowest BCUT2D eigenvalue weighted by Gasteiger charge is -2.07. The Bertz CT molecular complexity index is 953. The number of hydrogen-bond donors (Lipinski definition) is 4. The largest absolute Gasteiger partial charge is 0.490 e. The minimum atomic E-state index is -5.08. The fourth-order valence-electron chi connectivity index (χ4n) is 2.27. The Morgan fingerprint density at radius 3 is 2.16 bits per heavy atom. The molecule has 0 amide bonds. The van der Waals surface area contributed by atoms with Crippen LogP contribution in [0.2, 0.25) is 0 Å². The van der Waals surface area contributed by atoms with E-state index in [4.69, 9.17) is 35.3 Å². The van der Waals surface area contributed by atoms with E-state index < -0.39 is 24.1 Å². The number of nitrogens with two attached hydrogens (primary N) is 1. The number of furan rings is 1. The van der Waals surface area contributed by atoms with Gasteiger partial charge in [-0.15, -0.1) is 0 Å². The second kappa shape index (κ2) is 11.5. The Labute approximate surface area is 180 Å². The highest BCUT2D eigenvalue weighted by Crippen LogP contribution is 2.19. The van der Waals surface area contributed by atoms with Gasteiger partial charge in [-0.1, -0.05) is 6.92 Å². The molecule has 0 fully saturated rings. The van der Waals surface area contributed by atoms with Gasteiger partial charge in [0.2, 0.25) is 5.76 Å². The van der Waals surface area contributed by atoms with Crippen molar-refractivity contribution in [3.8, 4) is 5.75 Å². The van der Waals surface area contributed by atoms with Gasteiger partial charge >= 0.3 is 24.1 Å². The van der Waals surface area contributed by atoms with Crippen molar-refractivity contribution in [2.75, 3.05) is 0 Å². The van der Waals surface area contributed by atoms with E-state index in [2.05, 4.69) is 0 Å². The van der Waals surface area contributed by atoms with E-state index in [1.54, 1.807) is 30.3 Å². The van der Waals surface area contributed by atoms with Crippen molar-refractivity contribution in [2.24, 2.45) is 11.7 Å². The molecule has 32 heavy (non-hydrogen) atoms. The van der Waals surface area contributed by atoms with E-state index in [1.807, 2.05) is 6.92 Å². The van der Waals surface area contributed by atoms with Gasteiger partial charge in [0.05, 0.1) is 0 Å². The predicted octanol–water partition coefficient (Wildman–Crippen LogP) is 3.46. The van der Waals surface area contributed by atoms with Crippen molar-refractivity contribution >= 4 is 23.7 Å². The zero-order chi connectivity index (χ0) is 24.5. The van der Waals surface area contributed by atoms with Crippen LogP contribution in [0.15, 0.2) is 40.8 Å². The summed E-state index contributed by atoms with van der Waals surface area (Å²) >= 11 is 0. The molecule has 9 nitrogen and oxygen atoms in total. The summed E-state index contributed by atoms with van der Waals surface area (Å²) in [6.07, 6.45) is -3.89. The summed E-state index contributed by atoms with van der Waals surface area (Å²) in [5, 5.41) is 23.1. The maximum Gasteiger partial charge on any atom is 0.490 e. The van der Waals surface area contributed by atoms with Gasteiger partial charge in [-0.2, -0.15) is 13.2 Å². The molecule has 12 heteroatoms. The number of aliphatic carboxylic acids is 2. The number of benzene rings is 1. The SMILES string of the molecule is CC(CCC(=O)O)Cc1ccc(C(=O)Oc2ccc(C(=N)N)cc2)o1.O=C(O)C(F)(F)F. The highest BCUT2D eigenvalue weighted by atomic mass is 19.4. The molecule has 1 aromatic heterocycles. The Hall–Kier alpha value is -3.83. The molecule has 0 aliphatic rings. The van der Waals surface area contributed by atoms with E-state index in [0.717, 1.165) is 0 Å². The molecule has 0 saturated carbocycles. The first kappa shape index (κ1) is 26.2. The maximum atomic E-state index is 12.1. The lowest BCUT2D eigenvalue weighted by atomic mass is 10.0. The van der Waals surface area contributed by atoms with Crippen LogP contribution in [-0.4, -0.2) is 40.1 Å². The minimum absolute atomic E-state index is 0.0643. The summed E-state index contributed by atoms with van der Waals surface area (Å²) < 4.78 is 42.4. The average molecular weight is 458 g/mol. The predicted molar refractivity (Wildman–Crippen MR) is 105 cm³/mol. The summed E-state index contributed by atoms with van der Waals surface area (Å²) in [6.45, 7) is 1.93. The van der Waals surface area contributed by atoms with Gasteiger partial charge in [0.15, 0.2) is 0 Å². The van der Waals surface area contributed by atoms with Crippen molar-refractivity contribution in [1.29, 1.82) is 5.41 Å². The summed E-state index contributed by atoms with van der Waals surface area (Å²) in [6, 6.07) is 9.49. The number of ether oxygens (including phenoxy) is 1. The Morgan fingerprint density at radius 2 is 1.69 bits per heavy atom. The van der Waals surface area contributed by atoms with Gasteiger partial charge in [-0.05, 0) is 48.7 Å². The van der Waals surface area contributed by atoms with Crippen LogP contribution in [0.3, 0.4) is 0 Å². The van der Waals surface area contributed by atoms with Gasteiger partial charge in [-0.3, -0.25) is 10.2 Å². The third-order valence-electron chi connectivity index (χ3n) is 3.88. The van der Waals surface area contributed by atoms with E-state index >= 15 is 0 Å². The second-order valence-electron chi connectivity index (χ2n) is 6.64. The van der Waals surface area contributed by atoms with Gasteiger partial charge in [-0.25, -0.2) is 9.59 Å². The first-order valence-corrected chi connectivity index (χ1v) is 9.06. The molecular formula is C20H21F3N2O7. The molecule has 0 bridgehead atoms. The highest BCUT2D eigenvalue weighted by Gasteiger charge is 2.38. The first-order valence-electron chi connectivity index (χ1n) is 9.06. The third-order valence-corrected chi connectivity index (χ3v) is 3.88. The molecule has 0 spiro atoms. The van der Waals surface area contributed by atoms with Gasteiger partial charge in [0.25, 0.3) is 0 Å². The van der Waals surface area contributed by atoms with Crippen LogP contribution < -0.4 is 10.5 Å². The topological polar surface area (TPSA) is 164 Å². The number of carboxylic acids is 2. The molecule has 1 aromatic carbocycles. The minimum Gasteiger partial charge on any atom is -0.481 e. The number of nitrogen functional groups attached to an aromatic ring is 1. The number of nitrogens with one attached hydrogen (secondary N) is 1. The average Bonchev–Trinajstić information content (AvgIpc) is 3.15. The number of hydrogen-bond acceptors (Lipinski definition) is 6. The first-order chi connectivity index (χ1) is 14.8. The molecule has 0 aliphatic heterocycles. The van der Waals surface area contributed by atoms with Gasteiger partial charge in [0, 0.05) is 18.4 Å². The lowest BCUT2D eigenvalue weighted by Crippen LogP contribution is -2.21. The summed E-state index contributed by atoms with van der Waals surface area (Å²) in [7, 11) is 0. The normalized spacial score (nSPS) is 11.6. The zero-order valence-corrected chi connectivity index (χ0v) is 16.8. The molecule has 1 unspecified atom stereocenters. The van der Waals surface area contributed by atoms with Crippen molar-refractivity contribution in [3.05, 3.63) is 53.5 Å². The smallest absolute Gasteiger partial charge is 0.481 e. The molecule has 2 rings (SSSR count). The standard InChI is InChI=1S/C18H20N2O5.C2HF3O2/c1-11(2-9-16(21)22)10-14-7-8-15(24-14)18(23)25-13-5-3-12(4-6-13)17(19)20;3-2(4,5)1(6)7/h3-8,11H,2,9-10H2,1H3,(H3,19,20)(H,21,22);(H,6,7). The fourth-order valence-corrected chi connectivity index (χ4v) is 2.27. The van der Waals surface area contributed by atoms with Crippen LogP contribution in [-0.2, 0) is 16.0 Å². The van der Waals surface area contributed by atoms with Crippen LogP contribution >= 0.6 is 0 Å². The fraction of sp³-hybridized carbons (Fsp3) is 0.300. The van der Waals surface area contributed by atoms with Crippen molar-refractivity contribution in [3.63, 3.8) is 0 Å². The lowest BCUT2D eigenvalue weighted by molar-refractivity contribution is -0.192. The van der Waals surface area contributed by atoms with Crippen molar-refractivity contribution < 1.29 is 46.9 Å². The van der Waals surface area contributed by atoms with Crippen molar-refractivity contribution in [1.82, 2.24) is 0 Å². The van der Waals surface area contributed by atoms with Crippen LogP contribution in [0.1, 0.15) is 41.6 Å². The summed E-state index contributed by atoms with van der Waals surface area (Å²) in [5.74, 6) is -3.13. The van der Waals surface area contributed by atoms with E-state index in [9.17, 15) is 22.8 Å². The molecule has 174 valence electrons. The number of carbonyl (C=O) groups excluding carboxylic acids is 1. The van der Waals surface area contributed by atoms with Gasteiger partial charge < -0.3 is 25.1 Å². The Balaban J connectivity index is 0.000000633. The number of carbonyl (C=O) groups is 3. The Kier molecular flexibility index (Phi) is 9.44. The molecular weight excluding hydrogens is 437 g/mol. The molecule has 5 N–H and O–H groups in total. The van der Waals surface area contributed by atoms with Crippen molar-refractivity contribution in [2.45, 2.75) is 32.4 Å². The van der Waals surface area contributed by atoms with Crippen LogP contribution in [0.4, 0.5) is 13.2 Å². The van der Waals surface area contributed by atoms with Gasteiger partial charge in [0.1, 0.15) is 17.3 Å². The molecule has 2 aromatic rings. The Morgan fingerprint density at radius 1 is 1.12 bits per heavy atom. The van der Waals surface area contributed by atoms with E-state index in [1.165, 1.54) is 6.07 Å². The molecule has 1 heterocycles. The second-order valence-corrected chi connectivity index (χ2v) is 6.64. The molecule has 1 atom stereocenters. The third kappa shape index (κ3) is 9.32. The monoisotopic (exact) mass is 458 g/mol. The molecule has 0 aliphatic carbocycles. The van der Waals surface area contributed by atoms with Crippen LogP contribution in [0.5, 0.6) is 5.75 Å². The summed E-state index contributed by atoms with van der Waals surface area (Å²) in [4.78, 5) is 31.6. The highest BCUT2D eigenvalue weighted by molar-refractivity contribution is 5.95. The van der Waals surface area contributed by atoms with Crippen LogP contribution in [0, 0.1) is 11.3 Å². The van der Waals surface area contributed by atoms with E-state index in [-0.39, 0.29) is 23.9 Å². The maximum absolute atomic E-state index is 12.1. The van der Waals surface area contributed by atoms with E-state index in [0.29, 0.717) is 29.9 Å².